The number of ketones is 1. The first-order chi connectivity index (χ1) is 8.25. The number of carbonyl (C=O) groups excluding carboxylic acids is 1. The standard InChI is InChI=1S/C14H16BrNO/c15-10-4-5-11-9(7-10)8-12(14(11)17)13-3-1-2-6-16-13/h4-5,7,12-13,16H,1-3,6,8H2. The first kappa shape index (κ1) is 11.4. The van der Waals surface area contributed by atoms with Gasteiger partial charge in [-0.1, -0.05) is 28.4 Å². The molecule has 1 aromatic carbocycles. The highest BCUT2D eigenvalue weighted by molar-refractivity contribution is 9.10. The van der Waals surface area contributed by atoms with Gasteiger partial charge in [-0.15, -0.1) is 0 Å². The van der Waals surface area contributed by atoms with E-state index in [2.05, 4.69) is 27.3 Å². The lowest BCUT2D eigenvalue weighted by Gasteiger charge is -2.27. The Labute approximate surface area is 110 Å². The van der Waals surface area contributed by atoms with Crippen LogP contribution in [0, 0.1) is 5.92 Å². The molecule has 0 saturated carbocycles. The van der Waals surface area contributed by atoms with Gasteiger partial charge in [0.05, 0.1) is 0 Å². The summed E-state index contributed by atoms with van der Waals surface area (Å²) < 4.78 is 1.07. The minimum absolute atomic E-state index is 0.166. The molecule has 0 aromatic heterocycles. The van der Waals surface area contributed by atoms with Gasteiger partial charge in [0.2, 0.25) is 0 Å². The molecule has 1 aliphatic carbocycles. The smallest absolute Gasteiger partial charge is 0.168 e. The second-order valence-corrected chi connectivity index (χ2v) is 5.95. The number of carbonyl (C=O) groups is 1. The maximum atomic E-state index is 12.4. The molecule has 1 aliphatic heterocycles. The highest BCUT2D eigenvalue weighted by Crippen LogP contribution is 2.33. The Morgan fingerprint density at radius 3 is 2.94 bits per heavy atom. The van der Waals surface area contributed by atoms with Crippen molar-refractivity contribution in [3.63, 3.8) is 0 Å². The molecule has 17 heavy (non-hydrogen) atoms. The molecule has 2 atom stereocenters. The predicted octanol–water partition coefficient (Wildman–Crippen LogP) is 2.95. The summed E-state index contributed by atoms with van der Waals surface area (Å²) >= 11 is 3.47. The van der Waals surface area contributed by atoms with Crippen LogP contribution in [0.15, 0.2) is 22.7 Å². The highest BCUT2D eigenvalue weighted by Gasteiger charge is 2.36. The van der Waals surface area contributed by atoms with Gasteiger partial charge in [0, 0.05) is 22.0 Å². The van der Waals surface area contributed by atoms with Gasteiger partial charge in [0.1, 0.15) is 0 Å². The molecule has 2 nitrogen and oxygen atoms in total. The summed E-state index contributed by atoms with van der Waals surface area (Å²) in [7, 11) is 0. The summed E-state index contributed by atoms with van der Waals surface area (Å²) in [6.07, 6.45) is 4.55. The van der Waals surface area contributed by atoms with E-state index in [4.69, 9.17) is 0 Å². The van der Waals surface area contributed by atoms with Crippen molar-refractivity contribution in [1.29, 1.82) is 0 Å². The topological polar surface area (TPSA) is 29.1 Å². The fourth-order valence-corrected chi connectivity index (χ4v) is 3.46. The minimum Gasteiger partial charge on any atom is -0.313 e. The number of rotatable bonds is 1. The number of piperidine rings is 1. The maximum absolute atomic E-state index is 12.4. The van der Waals surface area contributed by atoms with Crippen molar-refractivity contribution in [2.75, 3.05) is 6.54 Å². The lowest BCUT2D eigenvalue weighted by molar-refractivity contribution is 0.0898. The zero-order valence-corrected chi connectivity index (χ0v) is 11.3. The van der Waals surface area contributed by atoms with Gasteiger partial charge in [-0.2, -0.15) is 0 Å². The van der Waals surface area contributed by atoms with E-state index >= 15 is 0 Å². The van der Waals surface area contributed by atoms with Crippen LogP contribution in [-0.2, 0) is 6.42 Å². The largest absolute Gasteiger partial charge is 0.313 e. The second-order valence-electron chi connectivity index (χ2n) is 5.03. The van der Waals surface area contributed by atoms with Crippen molar-refractivity contribution in [2.24, 2.45) is 5.92 Å². The summed E-state index contributed by atoms with van der Waals surface area (Å²) in [6, 6.07) is 6.41. The molecule has 1 aromatic rings. The quantitative estimate of drug-likeness (QED) is 0.863. The number of nitrogens with one attached hydrogen (secondary N) is 1. The number of fused-ring (bicyclic) bond motifs is 1. The lowest BCUT2D eigenvalue weighted by Crippen LogP contribution is -2.42. The van der Waals surface area contributed by atoms with E-state index in [1.54, 1.807) is 0 Å². The van der Waals surface area contributed by atoms with Crippen LogP contribution in [0.4, 0.5) is 0 Å². The van der Waals surface area contributed by atoms with E-state index in [0.717, 1.165) is 29.4 Å². The molecule has 0 amide bonds. The Morgan fingerprint density at radius 2 is 2.18 bits per heavy atom. The van der Waals surface area contributed by atoms with Crippen molar-refractivity contribution in [2.45, 2.75) is 31.7 Å². The van der Waals surface area contributed by atoms with E-state index in [-0.39, 0.29) is 5.92 Å². The fraction of sp³-hybridized carbons (Fsp3) is 0.500. The van der Waals surface area contributed by atoms with E-state index in [1.807, 2.05) is 12.1 Å². The Hall–Kier alpha value is -0.670. The minimum atomic E-state index is 0.166. The molecule has 3 rings (SSSR count). The van der Waals surface area contributed by atoms with Crippen LogP contribution in [0.2, 0.25) is 0 Å². The van der Waals surface area contributed by atoms with Crippen molar-refractivity contribution < 1.29 is 4.79 Å². The fourth-order valence-electron chi connectivity index (χ4n) is 3.05. The average Bonchev–Trinajstić information content (AvgIpc) is 2.67. The monoisotopic (exact) mass is 293 g/mol. The number of hydrogen-bond acceptors (Lipinski definition) is 2. The molecule has 2 aliphatic rings. The van der Waals surface area contributed by atoms with Crippen molar-refractivity contribution in [1.82, 2.24) is 5.32 Å². The molecule has 1 N–H and O–H groups in total. The molecule has 0 radical (unpaired) electrons. The molecule has 1 fully saturated rings. The summed E-state index contributed by atoms with van der Waals surface area (Å²) in [6.45, 7) is 1.06. The summed E-state index contributed by atoms with van der Waals surface area (Å²) in [5.74, 6) is 0.506. The first-order valence-electron chi connectivity index (χ1n) is 6.32. The van der Waals surface area contributed by atoms with Crippen LogP contribution in [-0.4, -0.2) is 18.4 Å². The molecule has 3 heteroatoms. The third-order valence-corrected chi connectivity index (χ3v) is 4.44. The van der Waals surface area contributed by atoms with Gasteiger partial charge in [0.25, 0.3) is 0 Å². The zero-order valence-electron chi connectivity index (χ0n) is 9.71. The van der Waals surface area contributed by atoms with Gasteiger partial charge in [-0.25, -0.2) is 0 Å². The van der Waals surface area contributed by atoms with Crippen molar-refractivity contribution >= 4 is 21.7 Å². The van der Waals surface area contributed by atoms with E-state index in [9.17, 15) is 4.79 Å². The zero-order chi connectivity index (χ0) is 11.8. The van der Waals surface area contributed by atoms with Crippen molar-refractivity contribution in [3.8, 4) is 0 Å². The van der Waals surface area contributed by atoms with E-state index < -0.39 is 0 Å². The van der Waals surface area contributed by atoms with Gasteiger partial charge >= 0.3 is 0 Å². The average molecular weight is 294 g/mol. The van der Waals surface area contributed by atoms with Gasteiger partial charge < -0.3 is 5.32 Å². The summed E-state index contributed by atoms with van der Waals surface area (Å²) in [5, 5.41) is 3.51. The number of hydrogen-bond donors (Lipinski definition) is 1. The van der Waals surface area contributed by atoms with Gasteiger partial charge in [0.15, 0.2) is 5.78 Å². The van der Waals surface area contributed by atoms with Crippen LogP contribution in [0.3, 0.4) is 0 Å². The molecule has 2 unspecified atom stereocenters. The number of benzene rings is 1. The van der Waals surface area contributed by atoms with Gasteiger partial charge in [-0.05, 0) is 43.5 Å². The predicted molar refractivity (Wildman–Crippen MR) is 71.3 cm³/mol. The molecule has 1 saturated heterocycles. The number of halogens is 1. The van der Waals surface area contributed by atoms with Crippen LogP contribution in [0.5, 0.6) is 0 Å². The van der Waals surface area contributed by atoms with Crippen LogP contribution in [0.25, 0.3) is 0 Å². The van der Waals surface area contributed by atoms with Gasteiger partial charge in [-0.3, -0.25) is 4.79 Å². The summed E-state index contributed by atoms with van der Waals surface area (Å²) in [5.41, 5.74) is 2.15. The van der Waals surface area contributed by atoms with E-state index in [1.165, 1.54) is 18.4 Å². The van der Waals surface area contributed by atoms with Crippen LogP contribution < -0.4 is 5.32 Å². The maximum Gasteiger partial charge on any atom is 0.168 e. The van der Waals surface area contributed by atoms with Crippen LogP contribution >= 0.6 is 15.9 Å². The Bertz CT molecular complexity index is 452. The Kier molecular flexibility index (Phi) is 3.05. The highest BCUT2D eigenvalue weighted by atomic mass is 79.9. The normalized spacial score (nSPS) is 28.2. The number of Topliss-reactive ketones (excluding diaryl/α,β-unsaturated/α-hetero) is 1. The second kappa shape index (κ2) is 4.54. The first-order valence-corrected chi connectivity index (χ1v) is 7.11. The SMILES string of the molecule is O=C1c2ccc(Br)cc2CC1C1CCCCN1. The molecule has 0 bridgehead atoms. The molecule has 90 valence electrons. The Balaban J connectivity index is 1.85. The lowest BCUT2D eigenvalue weighted by atomic mass is 9.89. The van der Waals surface area contributed by atoms with Crippen molar-refractivity contribution in [3.05, 3.63) is 33.8 Å². The Morgan fingerprint density at radius 1 is 1.29 bits per heavy atom. The van der Waals surface area contributed by atoms with Crippen LogP contribution in [0.1, 0.15) is 35.2 Å². The van der Waals surface area contributed by atoms with E-state index in [0.29, 0.717) is 11.8 Å². The molecule has 0 spiro atoms. The molecule has 1 heterocycles. The summed E-state index contributed by atoms with van der Waals surface area (Å²) in [4.78, 5) is 12.4. The third-order valence-electron chi connectivity index (χ3n) is 3.94. The molecular formula is C14H16BrNO. The molecular weight excluding hydrogens is 278 g/mol. The third kappa shape index (κ3) is 2.06.